The van der Waals surface area contributed by atoms with Crippen LogP contribution in [0, 0.1) is 0 Å². The number of hydrogen-bond acceptors (Lipinski definition) is 4. The van der Waals surface area contributed by atoms with Gasteiger partial charge in [0, 0.05) is 7.05 Å². The number of carbonyl (C=O) groups is 1. The molecule has 0 saturated carbocycles. The minimum Gasteiger partial charge on any atom is -0.462 e. The van der Waals surface area contributed by atoms with Gasteiger partial charge in [-0.1, -0.05) is 42.5 Å². The first-order valence-corrected chi connectivity index (χ1v) is 6.13. The Morgan fingerprint density at radius 3 is 2.10 bits per heavy atom. The third-order valence-electron chi connectivity index (χ3n) is 2.74. The van der Waals surface area contributed by atoms with E-state index in [0.717, 1.165) is 11.1 Å². The Morgan fingerprint density at radius 2 is 1.55 bits per heavy atom. The maximum absolute atomic E-state index is 11.4. The van der Waals surface area contributed by atoms with Gasteiger partial charge >= 0.3 is 11.9 Å². The normalized spacial score (nSPS) is 11.0. The number of ether oxygens (including phenoxy) is 2. The first kappa shape index (κ1) is 13.8. The second-order valence-corrected chi connectivity index (χ2v) is 4.01. The number of benzene rings is 2. The van der Waals surface area contributed by atoms with Crippen molar-refractivity contribution in [1.29, 1.82) is 0 Å². The summed E-state index contributed by atoms with van der Waals surface area (Å²) < 4.78 is 9.96. The number of esters is 1. The minimum absolute atomic E-state index is 0.0695. The Morgan fingerprint density at radius 1 is 0.950 bits per heavy atom. The van der Waals surface area contributed by atoms with Crippen LogP contribution in [0.1, 0.15) is 0 Å². The third-order valence-corrected chi connectivity index (χ3v) is 2.74. The summed E-state index contributed by atoms with van der Waals surface area (Å²) >= 11 is 0. The molecule has 0 atom stereocenters. The molecule has 0 bridgehead atoms. The maximum Gasteiger partial charge on any atom is 0.393 e. The number of hydrogen-bond donors (Lipinski definition) is 0. The second-order valence-electron chi connectivity index (χ2n) is 4.01. The topological polar surface area (TPSA) is 47.9 Å². The second kappa shape index (κ2) is 6.52. The van der Waals surface area contributed by atoms with Gasteiger partial charge in [-0.05, 0) is 23.3 Å². The van der Waals surface area contributed by atoms with Crippen molar-refractivity contribution in [2.75, 3.05) is 14.2 Å². The van der Waals surface area contributed by atoms with Crippen molar-refractivity contribution in [1.82, 2.24) is 0 Å². The van der Waals surface area contributed by atoms with E-state index in [-0.39, 0.29) is 5.90 Å². The number of methoxy groups -OCH3 is 1. The summed E-state index contributed by atoms with van der Waals surface area (Å²) in [6.07, 6.45) is 0. The van der Waals surface area contributed by atoms with Crippen molar-refractivity contribution >= 4 is 11.9 Å². The van der Waals surface area contributed by atoms with Gasteiger partial charge in [0.25, 0.3) is 0 Å². The summed E-state index contributed by atoms with van der Waals surface area (Å²) in [5, 5.41) is 0. The van der Waals surface area contributed by atoms with E-state index in [0.29, 0.717) is 5.75 Å². The van der Waals surface area contributed by atoms with E-state index in [1.807, 2.05) is 42.5 Å². The lowest BCUT2D eigenvalue weighted by Gasteiger charge is -2.07. The third kappa shape index (κ3) is 3.23. The highest BCUT2D eigenvalue weighted by Crippen LogP contribution is 2.22. The van der Waals surface area contributed by atoms with Crippen molar-refractivity contribution in [2.45, 2.75) is 0 Å². The average molecular weight is 269 g/mol. The van der Waals surface area contributed by atoms with Crippen LogP contribution in [0.4, 0.5) is 0 Å². The Hall–Kier alpha value is -2.62. The molecule has 0 unspecified atom stereocenters. The molecule has 0 heterocycles. The molecule has 0 fully saturated rings. The summed E-state index contributed by atoms with van der Waals surface area (Å²) in [4.78, 5) is 15.1. The van der Waals surface area contributed by atoms with E-state index in [1.165, 1.54) is 14.2 Å². The molecule has 2 rings (SSSR count). The van der Waals surface area contributed by atoms with Crippen LogP contribution >= 0.6 is 0 Å². The highest BCUT2D eigenvalue weighted by molar-refractivity contribution is 6.33. The van der Waals surface area contributed by atoms with Crippen LogP contribution in [0.25, 0.3) is 11.1 Å². The predicted molar refractivity (Wildman–Crippen MR) is 77.9 cm³/mol. The Bertz CT molecular complexity index is 603. The van der Waals surface area contributed by atoms with Gasteiger partial charge < -0.3 is 9.47 Å². The quantitative estimate of drug-likeness (QED) is 0.478. The minimum atomic E-state index is -0.598. The summed E-state index contributed by atoms with van der Waals surface area (Å²) in [6.45, 7) is 0. The van der Waals surface area contributed by atoms with Gasteiger partial charge in [0.1, 0.15) is 5.75 Å². The van der Waals surface area contributed by atoms with E-state index in [4.69, 9.17) is 4.74 Å². The fourth-order valence-electron chi connectivity index (χ4n) is 1.72. The first-order valence-electron chi connectivity index (χ1n) is 6.13. The van der Waals surface area contributed by atoms with Gasteiger partial charge in [-0.25, -0.2) is 9.79 Å². The Kier molecular flexibility index (Phi) is 4.50. The van der Waals surface area contributed by atoms with Crippen molar-refractivity contribution in [3.63, 3.8) is 0 Å². The molecule has 20 heavy (non-hydrogen) atoms. The maximum atomic E-state index is 11.4. The van der Waals surface area contributed by atoms with Crippen molar-refractivity contribution in [3.8, 4) is 16.9 Å². The summed E-state index contributed by atoms with van der Waals surface area (Å²) in [5.41, 5.74) is 2.20. The molecule has 102 valence electrons. The summed E-state index contributed by atoms with van der Waals surface area (Å²) in [5.74, 6) is -0.129. The van der Waals surface area contributed by atoms with Crippen LogP contribution in [-0.2, 0) is 9.53 Å². The molecule has 4 nitrogen and oxygen atoms in total. The molecule has 2 aromatic carbocycles. The number of aliphatic imine (C=N–C) groups is 1. The number of rotatable bonds is 2. The molecule has 0 amide bonds. The van der Waals surface area contributed by atoms with Crippen LogP contribution in [0.2, 0.25) is 0 Å². The molecule has 0 saturated heterocycles. The highest BCUT2D eigenvalue weighted by Gasteiger charge is 2.13. The van der Waals surface area contributed by atoms with Crippen molar-refractivity contribution in [3.05, 3.63) is 54.6 Å². The van der Waals surface area contributed by atoms with Gasteiger partial charge in [-0.15, -0.1) is 0 Å². The van der Waals surface area contributed by atoms with Gasteiger partial charge in [0.2, 0.25) is 0 Å². The smallest absolute Gasteiger partial charge is 0.393 e. The zero-order valence-corrected chi connectivity index (χ0v) is 11.4. The molecule has 0 radical (unpaired) electrons. The zero-order chi connectivity index (χ0) is 14.4. The van der Waals surface area contributed by atoms with Crippen LogP contribution in [0.15, 0.2) is 59.6 Å². The predicted octanol–water partition coefficient (Wildman–Crippen LogP) is 2.93. The lowest BCUT2D eigenvalue weighted by atomic mass is 10.1. The monoisotopic (exact) mass is 269 g/mol. The molecule has 0 N–H and O–H groups in total. The molecule has 0 aliphatic carbocycles. The molecule has 0 spiro atoms. The molecule has 0 aliphatic rings. The Balaban J connectivity index is 2.15. The van der Waals surface area contributed by atoms with E-state index in [2.05, 4.69) is 9.73 Å². The fraction of sp³-hybridized carbons (Fsp3) is 0.125. The summed E-state index contributed by atoms with van der Waals surface area (Å²) in [7, 11) is 2.76. The molecule has 0 aliphatic heterocycles. The van der Waals surface area contributed by atoms with Crippen molar-refractivity contribution in [2.24, 2.45) is 4.99 Å². The number of carbonyl (C=O) groups excluding carboxylic acids is 1. The van der Waals surface area contributed by atoms with Gasteiger partial charge in [0.05, 0.1) is 7.11 Å². The fourth-order valence-corrected chi connectivity index (χ4v) is 1.72. The van der Waals surface area contributed by atoms with Gasteiger partial charge in [-0.2, -0.15) is 0 Å². The van der Waals surface area contributed by atoms with E-state index in [1.54, 1.807) is 12.1 Å². The molecule has 2 aromatic rings. The van der Waals surface area contributed by atoms with Crippen LogP contribution < -0.4 is 4.74 Å². The highest BCUT2D eigenvalue weighted by atomic mass is 16.6. The van der Waals surface area contributed by atoms with Gasteiger partial charge in [0.15, 0.2) is 0 Å². The Labute approximate surface area is 117 Å². The van der Waals surface area contributed by atoms with E-state index < -0.39 is 5.97 Å². The molecule has 4 heteroatoms. The van der Waals surface area contributed by atoms with E-state index >= 15 is 0 Å². The molecular weight excluding hydrogens is 254 g/mol. The van der Waals surface area contributed by atoms with Crippen LogP contribution in [-0.4, -0.2) is 26.0 Å². The summed E-state index contributed by atoms with van der Waals surface area (Å²) in [6, 6.07) is 17.4. The van der Waals surface area contributed by atoms with Crippen molar-refractivity contribution < 1.29 is 14.3 Å². The largest absolute Gasteiger partial charge is 0.462 e. The zero-order valence-electron chi connectivity index (χ0n) is 11.4. The lowest BCUT2D eigenvalue weighted by molar-refractivity contribution is -0.133. The lowest BCUT2D eigenvalue weighted by Crippen LogP contribution is -2.22. The first-order chi connectivity index (χ1) is 9.74. The number of nitrogens with zero attached hydrogens (tertiary/aromatic N) is 1. The van der Waals surface area contributed by atoms with Crippen LogP contribution in [0.5, 0.6) is 5.75 Å². The average Bonchev–Trinajstić information content (AvgIpc) is 2.53. The molecule has 0 aromatic heterocycles. The van der Waals surface area contributed by atoms with Crippen LogP contribution in [0.3, 0.4) is 0 Å². The van der Waals surface area contributed by atoms with E-state index in [9.17, 15) is 4.79 Å². The molecular formula is C16H15NO3. The van der Waals surface area contributed by atoms with Gasteiger partial charge in [-0.3, -0.25) is 0 Å². The SMILES string of the molecule is CN=C(Oc1ccc(-c2ccccc2)cc1)C(=O)OC. The standard InChI is InChI=1S/C16H15NO3/c1-17-15(16(18)19-2)20-14-10-8-13(9-11-14)12-6-4-3-5-7-12/h3-11H,1-2H3.